The quantitative estimate of drug-likeness (QED) is 0.591. The molecule has 4 aromatic rings. The molecule has 0 atom stereocenters. The summed E-state index contributed by atoms with van der Waals surface area (Å²) in [6.45, 7) is 6.33. The highest BCUT2D eigenvalue weighted by Gasteiger charge is 2.12. The second-order valence-electron chi connectivity index (χ2n) is 7.20. The lowest BCUT2D eigenvalue weighted by molar-refractivity contribution is 0.161. The van der Waals surface area contributed by atoms with Crippen molar-refractivity contribution in [3.05, 3.63) is 65.2 Å². The Balaban J connectivity index is 1.51. The summed E-state index contributed by atoms with van der Waals surface area (Å²) in [5, 5.41) is 1.24. The van der Waals surface area contributed by atoms with E-state index in [9.17, 15) is 0 Å². The van der Waals surface area contributed by atoms with Gasteiger partial charge in [0, 0.05) is 22.3 Å². The minimum atomic E-state index is 0.704. The third kappa shape index (κ3) is 2.94. The number of rotatable bonds is 3. The number of hydrogen-bond acceptors (Lipinski definition) is 3. The molecule has 0 fully saturated rings. The Morgan fingerprint density at radius 1 is 1.11 bits per heavy atom. The Bertz CT molecular complexity index is 1180. The Hall–Kier alpha value is -2.92. The van der Waals surface area contributed by atoms with Gasteiger partial charge in [-0.15, -0.1) is 0 Å². The number of benzene rings is 1. The molecule has 0 aliphatic carbocycles. The topological polar surface area (TPSA) is 55.7 Å². The fourth-order valence-electron chi connectivity index (χ4n) is 3.81. The van der Waals surface area contributed by atoms with E-state index in [2.05, 4.69) is 44.9 Å². The molecule has 1 N–H and O–H groups in total. The van der Waals surface area contributed by atoms with Gasteiger partial charge in [0.15, 0.2) is 5.65 Å². The minimum absolute atomic E-state index is 0.704. The van der Waals surface area contributed by atoms with Gasteiger partial charge in [-0.3, -0.25) is 0 Å². The highest BCUT2D eigenvalue weighted by molar-refractivity contribution is 5.85. The van der Waals surface area contributed by atoms with Gasteiger partial charge in [-0.25, -0.2) is 9.97 Å². The van der Waals surface area contributed by atoms with Crippen LogP contribution in [-0.4, -0.2) is 32.7 Å². The third-order valence-electron chi connectivity index (χ3n) is 5.26. The molecule has 0 saturated carbocycles. The molecular formula is C22H22N4O. The van der Waals surface area contributed by atoms with E-state index in [0.29, 0.717) is 6.61 Å². The zero-order valence-corrected chi connectivity index (χ0v) is 15.6. The second-order valence-corrected chi connectivity index (χ2v) is 7.20. The van der Waals surface area contributed by atoms with Gasteiger partial charge in [-0.2, -0.15) is 0 Å². The van der Waals surface area contributed by atoms with Crippen molar-refractivity contribution in [2.75, 3.05) is 13.2 Å². The molecule has 0 spiro atoms. The maximum atomic E-state index is 5.42. The number of aromatic nitrogens is 4. The maximum Gasteiger partial charge on any atom is 0.160 e. The number of nitrogens with zero attached hydrogens (tertiary/aromatic N) is 3. The van der Waals surface area contributed by atoms with E-state index in [1.54, 1.807) is 0 Å². The molecule has 1 aliphatic rings. The van der Waals surface area contributed by atoms with Gasteiger partial charge in [-0.05, 0) is 61.7 Å². The Kier molecular flexibility index (Phi) is 3.83. The van der Waals surface area contributed by atoms with Crippen LogP contribution in [0.25, 0.3) is 27.6 Å². The number of H-pyrrole nitrogens is 1. The molecule has 0 bridgehead atoms. The second kappa shape index (κ2) is 6.35. The summed E-state index contributed by atoms with van der Waals surface area (Å²) in [6, 6.07) is 12.9. The van der Waals surface area contributed by atoms with Crippen molar-refractivity contribution in [2.45, 2.75) is 26.8 Å². The van der Waals surface area contributed by atoms with E-state index < -0.39 is 0 Å². The van der Waals surface area contributed by atoms with Crippen LogP contribution < -0.4 is 0 Å². The molecule has 27 heavy (non-hydrogen) atoms. The average molecular weight is 358 g/mol. The summed E-state index contributed by atoms with van der Waals surface area (Å²) in [7, 11) is 0. The largest absolute Gasteiger partial charge is 0.377 e. The van der Waals surface area contributed by atoms with Crippen molar-refractivity contribution in [3.63, 3.8) is 0 Å². The molecule has 136 valence electrons. The average Bonchev–Trinajstić information content (AvgIpc) is 3.24. The summed E-state index contributed by atoms with van der Waals surface area (Å²) >= 11 is 0. The summed E-state index contributed by atoms with van der Waals surface area (Å²) < 4.78 is 7.62. The van der Waals surface area contributed by atoms with Crippen molar-refractivity contribution in [1.82, 2.24) is 19.5 Å². The molecular weight excluding hydrogens is 336 g/mol. The zero-order valence-electron chi connectivity index (χ0n) is 15.6. The first kappa shape index (κ1) is 16.3. The lowest BCUT2D eigenvalue weighted by Crippen LogP contribution is -2.03. The SMILES string of the molecule is Cc1ccc2nc(C)n(Cc3ccc4[nH]c(C5=CCOCC5)cc4c3)c2n1. The van der Waals surface area contributed by atoms with Crippen LogP contribution >= 0.6 is 0 Å². The summed E-state index contributed by atoms with van der Waals surface area (Å²) in [5.74, 6) is 0.991. The van der Waals surface area contributed by atoms with Gasteiger partial charge in [0.1, 0.15) is 11.3 Å². The maximum absolute atomic E-state index is 5.42. The highest BCUT2D eigenvalue weighted by Crippen LogP contribution is 2.26. The van der Waals surface area contributed by atoms with Gasteiger partial charge < -0.3 is 14.3 Å². The number of aryl methyl sites for hydroxylation is 2. The molecule has 0 amide bonds. The molecule has 0 unspecified atom stereocenters. The van der Waals surface area contributed by atoms with Crippen LogP contribution in [0.5, 0.6) is 0 Å². The van der Waals surface area contributed by atoms with Crippen LogP contribution in [0, 0.1) is 13.8 Å². The van der Waals surface area contributed by atoms with E-state index in [1.165, 1.54) is 27.7 Å². The summed E-state index contributed by atoms with van der Waals surface area (Å²) in [6.07, 6.45) is 3.13. The van der Waals surface area contributed by atoms with E-state index in [1.807, 2.05) is 26.0 Å². The van der Waals surface area contributed by atoms with Gasteiger partial charge in [0.05, 0.1) is 19.8 Å². The Labute approximate surface area is 157 Å². The number of pyridine rings is 1. The number of nitrogens with one attached hydrogen (secondary N) is 1. The lowest BCUT2D eigenvalue weighted by Gasteiger charge is -2.11. The monoisotopic (exact) mass is 358 g/mol. The highest BCUT2D eigenvalue weighted by atomic mass is 16.5. The first-order valence-corrected chi connectivity index (χ1v) is 9.37. The molecule has 5 nitrogen and oxygen atoms in total. The van der Waals surface area contributed by atoms with Gasteiger partial charge in [-0.1, -0.05) is 12.1 Å². The van der Waals surface area contributed by atoms with Crippen LogP contribution in [0.4, 0.5) is 0 Å². The number of hydrogen-bond donors (Lipinski definition) is 1. The molecule has 4 heterocycles. The van der Waals surface area contributed by atoms with Crippen molar-refractivity contribution < 1.29 is 4.74 Å². The van der Waals surface area contributed by atoms with Crippen molar-refractivity contribution in [2.24, 2.45) is 0 Å². The number of ether oxygens (including phenoxy) is 1. The smallest absolute Gasteiger partial charge is 0.160 e. The normalized spacial score (nSPS) is 14.8. The molecule has 0 radical (unpaired) electrons. The van der Waals surface area contributed by atoms with Gasteiger partial charge in [0.2, 0.25) is 0 Å². The van der Waals surface area contributed by atoms with Crippen LogP contribution in [0.3, 0.4) is 0 Å². The van der Waals surface area contributed by atoms with E-state index in [0.717, 1.165) is 42.3 Å². The van der Waals surface area contributed by atoms with Crippen LogP contribution in [0.2, 0.25) is 0 Å². The van der Waals surface area contributed by atoms with Crippen LogP contribution in [0.15, 0.2) is 42.5 Å². The third-order valence-corrected chi connectivity index (χ3v) is 5.26. The summed E-state index contributed by atoms with van der Waals surface area (Å²) in [4.78, 5) is 12.9. The zero-order chi connectivity index (χ0) is 18.4. The molecule has 1 aliphatic heterocycles. The van der Waals surface area contributed by atoms with E-state index >= 15 is 0 Å². The number of imidazole rings is 1. The number of fused-ring (bicyclic) bond motifs is 2. The van der Waals surface area contributed by atoms with Crippen molar-refractivity contribution in [1.29, 1.82) is 0 Å². The molecule has 3 aromatic heterocycles. The predicted molar refractivity (Wildman–Crippen MR) is 108 cm³/mol. The lowest BCUT2D eigenvalue weighted by atomic mass is 10.1. The van der Waals surface area contributed by atoms with Crippen molar-refractivity contribution >= 4 is 27.6 Å². The fourth-order valence-corrected chi connectivity index (χ4v) is 3.81. The minimum Gasteiger partial charge on any atom is -0.377 e. The van der Waals surface area contributed by atoms with E-state index in [-0.39, 0.29) is 0 Å². The van der Waals surface area contributed by atoms with Crippen LogP contribution in [-0.2, 0) is 11.3 Å². The van der Waals surface area contributed by atoms with Gasteiger partial charge >= 0.3 is 0 Å². The Morgan fingerprint density at radius 2 is 2.04 bits per heavy atom. The summed E-state index contributed by atoms with van der Waals surface area (Å²) in [5.41, 5.74) is 7.88. The molecule has 1 aromatic carbocycles. The first-order valence-electron chi connectivity index (χ1n) is 9.37. The standard InChI is InChI=1S/C22H22N4O/c1-14-3-5-20-22(23-14)26(15(2)24-20)13-16-4-6-19-18(11-16)12-21(25-19)17-7-9-27-10-8-17/h3-7,11-12,25H,8-10,13H2,1-2H3. The van der Waals surface area contributed by atoms with Crippen LogP contribution in [0.1, 0.15) is 29.2 Å². The van der Waals surface area contributed by atoms with E-state index in [4.69, 9.17) is 9.72 Å². The molecule has 5 rings (SSSR count). The first-order chi connectivity index (χ1) is 13.2. The molecule has 5 heteroatoms. The van der Waals surface area contributed by atoms with Gasteiger partial charge in [0.25, 0.3) is 0 Å². The Morgan fingerprint density at radius 3 is 2.89 bits per heavy atom. The predicted octanol–water partition coefficient (Wildman–Crippen LogP) is 4.38. The molecule has 0 saturated heterocycles. The fraction of sp³-hybridized carbons (Fsp3) is 0.273. The van der Waals surface area contributed by atoms with Crippen molar-refractivity contribution in [3.8, 4) is 0 Å². The number of aromatic amines is 1.